The van der Waals surface area contributed by atoms with Gasteiger partial charge in [0.1, 0.15) is 5.84 Å². The Kier molecular flexibility index (Phi) is 9.21. The summed E-state index contributed by atoms with van der Waals surface area (Å²) in [5.74, 6) is -1.42. The number of nitrogens with two attached hydrogens (primary N) is 3. The maximum atomic E-state index is 13.1. The van der Waals surface area contributed by atoms with Crippen molar-refractivity contribution in [2.75, 3.05) is 6.54 Å². The Morgan fingerprint density at radius 1 is 1.03 bits per heavy atom. The third kappa shape index (κ3) is 6.78. The summed E-state index contributed by atoms with van der Waals surface area (Å²) in [7, 11) is 0. The highest BCUT2D eigenvalue weighted by Gasteiger charge is 2.25. The number of hydrogen-bond acceptors (Lipinski definition) is 4. The number of benzene rings is 2. The maximum absolute atomic E-state index is 13.1. The van der Waals surface area contributed by atoms with Crippen LogP contribution in [-0.4, -0.2) is 30.2 Å². The molecule has 2 aromatic rings. The Balaban J connectivity index is 1.75. The molecule has 1 aliphatic rings. The van der Waals surface area contributed by atoms with Gasteiger partial charge in [0.15, 0.2) is 0 Å². The van der Waals surface area contributed by atoms with E-state index in [-0.39, 0.29) is 28.7 Å². The number of amides is 2. The summed E-state index contributed by atoms with van der Waals surface area (Å²) < 4.78 is 0. The van der Waals surface area contributed by atoms with Gasteiger partial charge in [-0.15, -0.1) is 0 Å². The van der Waals surface area contributed by atoms with Crippen LogP contribution in [0.25, 0.3) is 0 Å². The molecule has 1 aliphatic carbocycles. The smallest absolute Gasteiger partial charge is 0.278 e. The molecule has 0 fully saturated rings. The molecule has 184 valence electrons. The van der Waals surface area contributed by atoms with Crippen molar-refractivity contribution in [3.63, 3.8) is 0 Å². The highest BCUT2D eigenvalue weighted by molar-refractivity contribution is 6.42. The second-order valence-electron chi connectivity index (χ2n) is 7.85. The van der Waals surface area contributed by atoms with Crippen LogP contribution in [0.5, 0.6) is 0 Å². The van der Waals surface area contributed by atoms with Gasteiger partial charge in [0.05, 0.1) is 32.1 Å². The number of hydrogen-bond donors (Lipinski definition) is 4. The number of halogens is 4. The van der Waals surface area contributed by atoms with Crippen LogP contribution in [-0.2, 0) is 4.79 Å². The van der Waals surface area contributed by atoms with E-state index in [1.807, 2.05) is 0 Å². The first-order valence-corrected chi connectivity index (χ1v) is 12.1. The molecule has 7 nitrogen and oxygen atoms in total. The molecular weight excluding hydrogens is 532 g/mol. The highest BCUT2D eigenvalue weighted by atomic mass is 35.5. The lowest BCUT2D eigenvalue weighted by molar-refractivity contribution is -0.123. The van der Waals surface area contributed by atoms with E-state index < -0.39 is 17.9 Å². The van der Waals surface area contributed by atoms with Crippen LogP contribution in [0.2, 0.25) is 20.1 Å². The summed E-state index contributed by atoms with van der Waals surface area (Å²) in [4.78, 5) is 29.6. The predicted octanol–water partition coefficient (Wildman–Crippen LogP) is 4.59. The lowest BCUT2D eigenvalue weighted by Crippen LogP contribution is -2.40. The van der Waals surface area contributed by atoms with Gasteiger partial charge >= 0.3 is 0 Å². The Hall–Kier alpha value is -2.55. The third-order valence-electron chi connectivity index (χ3n) is 5.42. The first kappa shape index (κ1) is 27.0. The van der Waals surface area contributed by atoms with E-state index in [4.69, 9.17) is 63.6 Å². The Labute approximate surface area is 222 Å². The molecule has 0 heterocycles. The van der Waals surface area contributed by atoms with Crippen molar-refractivity contribution in [3.8, 4) is 0 Å². The number of allylic oxidation sites excluding steroid dienone is 1. The molecule has 11 heteroatoms. The summed E-state index contributed by atoms with van der Waals surface area (Å²) in [6.07, 6.45) is 4.02. The zero-order chi connectivity index (χ0) is 25.7. The number of amidine groups is 1. The van der Waals surface area contributed by atoms with Crippen molar-refractivity contribution in [2.24, 2.45) is 22.2 Å². The van der Waals surface area contributed by atoms with Crippen LogP contribution in [0, 0.1) is 0 Å². The summed E-state index contributed by atoms with van der Waals surface area (Å²) in [6, 6.07) is 9.01. The number of nitrogens with zero attached hydrogens (tertiary/aromatic N) is 1. The topological polar surface area (TPSA) is 137 Å². The summed E-state index contributed by atoms with van der Waals surface area (Å²) in [5.41, 5.74) is 19.7. The standard InChI is InChI=1S/C24H23Cl4N5O2/c25-17-4-1-12(9-19(17)27)15(7-8-29)24(35)32-14-3-6-21(30)16(11-14)22(31)33-23(34)13-2-5-18(26)20(28)10-13/h1-6,9-10,14-15H,7-8,11,29-30H2,(H,32,35)(H2,31,33,34). The van der Waals surface area contributed by atoms with Gasteiger partial charge in [0.2, 0.25) is 5.91 Å². The SMILES string of the molecule is NCCC(C(=O)NC1C=CC(N)=C(C(N)=NC(=O)c2ccc(Cl)c(Cl)c2)C1)c1ccc(Cl)c(Cl)c1. The van der Waals surface area contributed by atoms with Crippen LogP contribution in [0.15, 0.2) is 64.8 Å². The molecule has 2 unspecified atom stereocenters. The monoisotopic (exact) mass is 553 g/mol. The molecule has 0 aliphatic heterocycles. The summed E-state index contributed by atoms with van der Waals surface area (Å²) >= 11 is 24.0. The van der Waals surface area contributed by atoms with Gasteiger partial charge in [-0.05, 0) is 54.9 Å². The number of carbonyl (C=O) groups is 2. The molecule has 0 bridgehead atoms. The number of rotatable bonds is 7. The van der Waals surface area contributed by atoms with Crippen LogP contribution in [0.1, 0.15) is 34.7 Å². The van der Waals surface area contributed by atoms with E-state index in [1.54, 1.807) is 30.4 Å². The molecule has 0 aromatic heterocycles. The van der Waals surface area contributed by atoms with Gasteiger partial charge in [-0.2, -0.15) is 4.99 Å². The van der Waals surface area contributed by atoms with Crippen LogP contribution in [0.4, 0.5) is 0 Å². The molecule has 0 saturated heterocycles. The maximum Gasteiger partial charge on any atom is 0.278 e. The Bertz CT molecular complexity index is 1240. The minimum Gasteiger partial charge on any atom is -0.398 e. The molecular formula is C24H23Cl4N5O2. The molecule has 0 radical (unpaired) electrons. The quantitative estimate of drug-likeness (QED) is 0.293. The third-order valence-corrected chi connectivity index (χ3v) is 6.90. The predicted molar refractivity (Wildman–Crippen MR) is 142 cm³/mol. The number of carbonyl (C=O) groups excluding carboxylic acids is 2. The molecule has 2 atom stereocenters. The van der Waals surface area contributed by atoms with Crippen molar-refractivity contribution in [1.29, 1.82) is 0 Å². The fourth-order valence-electron chi connectivity index (χ4n) is 3.58. The summed E-state index contributed by atoms with van der Waals surface area (Å²) in [6.45, 7) is 0.299. The van der Waals surface area contributed by atoms with Crippen molar-refractivity contribution in [1.82, 2.24) is 5.32 Å². The molecule has 3 rings (SSSR count). The van der Waals surface area contributed by atoms with E-state index in [0.29, 0.717) is 44.9 Å². The zero-order valence-electron chi connectivity index (χ0n) is 18.4. The lowest BCUT2D eigenvalue weighted by Gasteiger charge is -2.24. The second-order valence-corrected chi connectivity index (χ2v) is 9.48. The fourth-order valence-corrected chi connectivity index (χ4v) is 4.18. The van der Waals surface area contributed by atoms with E-state index >= 15 is 0 Å². The summed E-state index contributed by atoms with van der Waals surface area (Å²) in [5, 5.41) is 4.26. The van der Waals surface area contributed by atoms with Gasteiger partial charge in [-0.1, -0.05) is 58.5 Å². The first-order valence-electron chi connectivity index (χ1n) is 10.6. The van der Waals surface area contributed by atoms with E-state index in [1.165, 1.54) is 18.2 Å². The Morgan fingerprint density at radius 2 is 1.69 bits per heavy atom. The van der Waals surface area contributed by atoms with Gasteiger partial charge in [-0.25, -0.2) is 0 Å². The van der Waals surface area contributed by atoms with Crippen LogP contribution >= 0.6 is 46.4 Å². The largest absolute Gasteiger partial charge is 0.398 e. The molecule has 2 amide bonds. The van der Waals surface area contributed by atoms with Crippen molar-refractivity contribution in [2.45, 2.75) is 24.8 Å². The fraction of sp³-hybridized carbons (Fsp3) is 0.208. The van der Waals surface area contributed by atoms with Crippen LogP contribution < -0.4 is 22.5 Å². The van der Waals surface area contributed by atoms with Gasteiger partial charge < -0.3 is 22.5 Å². The number of aliphatic imine (C=N–C) groups is 1. The minimum atomic E-state index is -0.598. The highest BCUT2D eigenvalue weighted by Crippen LogP contribution is 2.29. The minimum absolute atomic E-state index is 0.0508. The molecule has 7 N–H and O–H groups in total. The van der Waals surface area contributed by atoms with Crippen molar-refractivity contribution < 1.29 is 9.59 Å². The normalized spacial score (nSPS) is 16.8. The zero-order valence-corrected chi connectivity index (χ0v) is 21.4. The average molecular weight is 555 g/mol. The van der Waals surface area contributed by atoms with Gasteiger partial charge in [0, 0.05) is 23.3 Å². The molecule has 2 aromatic carbocycles. The number of nitrogens with one attached hydrogen (secondary N) is 1. The first-order chi connectivity index (χ1) is 16.6. The molecule has 0 saturated carbocycles. The van der Waals surface area contributed by atoms with Crippen molar-refractivity contribution >= 4 is 64.1 Å². The van der Waals surface area contributed by atoms with Gasteiger partial charge in [0.25, 0.3) is 5.91 Å². The van der Waals surface area contributed by atoms with Crippen molar-refractivity contribution in [3.05, 3.63) is 91.0 Å². The van der Waals surface area contributed by atoms with E-state index in [2.05, 4.69) is 10.3 Å². The van der Waals surface area contributed by atoms with Gasteiger partial charge in [-0.3, -0.25) is 9.59 Å². The Morgan fingerprint density at radius 3 is 2.31 bits per heavy atom. The van der Waals surface area contributed by atoms with E-state index in [9.17, 15) is 9.59 Å². The lowest BCUT2D eigenvalue weighted by atomic mass is 9.92. The second kappa shape index (κ2) is 11.9. The molecule has 0 spiro atoms. The average Bonchev–Trinajstić information content (AvgIpc) is 2.82. The molecule has 35 heavy (non-hydrogen) atoms. The van der Waals surface area contributed by atoms with Crippen LogP contribution in [0.3, 0.4) is 0 Å². The van der Waals surface area contributed by atoms with E-state index in [0.717, 1.165) is 0 Å².